The Morgan fingerprint density at radius 2 is 1.96 bits per heavy atom. The Kier molecular flexibility index (Phi) is 4.79. The fourth-order valence-electron chi connectivity index (χ4n) is 5.80. The van der Waals surface area contributed by atoms with Crippen molar-refractivity contribution in [1.82, 2.24) is 4.90 Å². The van der Waals surface area contributed by atoms with E-state index < -0.39 is 0 Å². The number of nitrogens with zero attached hydrogens (tertiary/aromatic N) is 1. The highest BCUT2D eigenvalue weighted by atomic mass is 16.6. The van der Waals surface area contributed by atoms with Gasteiger partial charge in [-0.25, -0.2) is 0 Å². The minimum atomic E-state index is 0.0375. The van der Waals surface area contributed by atoms with Crippen LogP contribution in [0.15, 0.2) is 23.3 Å². The van der Waals surface area contributed by atoms with Gasteiger partial charge in [0.05, 0.1) is 5.92 Å². The minimum absolute atomic E-state index is 0.0375. The molecule has 0 aromatic rings. The highest BCUT2D eigenvalue weighted by molar-refractivity contribution is 5.77. The Morgan fingerprint density at radius 3 is 2.80 bits per heavy atom. The van der Waals surface area contributed by atoms with Crippen LogP contribution in [0, 0.1) is 17.8 Å². The number of esters is 1. The van der Waals surface area contributed by atoms with Gasteiger partial charge in [0, 0.05) is 18.0 Å². The largest absolute Gasteiger partial charge is 0.462 e. The summed E-state index contributed by atoms with van der Waals surface area (Å²) in [7, 11) is 2.26. The summed E-state index contributed by atoms with van der Waals surface area (Å²) in [4.78, 5) is 14.9. The molecule has 6 atom stereocenters. The van der Waals surface area contributed by atoms with Crippen molar-refractivity contribution in [2.45, 2.75) is 83.4 Å². The standard InChI is InChI=1S/C22H33NO2/c1-14-7-6-9-17(23(14)3)11-12-19-18-10-5-4-8-16(18)13-20-21(19)15(2)25-22(20)24/h11-12,14-17,20-21H,4-10,13H2,1-3H3/b12-11+/t14-,15-,16+,17+,20-,21+/m0/s1. The lowest BCUT2D eigenvalue weighted by molar-refractivity contribution is -0.144. The smallest absolute Gasteiger partial charge is 0.310 e. The molecule has 2 heterocycles. The summed E-state index contributed by atoms with van der Waals surface area (Å²) in [5, 5.41) is 0. The molecular formula is C22H33NO2. The molecule has 25 heavy (non-hydrogen) atoms. The summed E-state index contributed by atoms with van der Waals surface area (Å²) in [6, 6.07) is 1.20. The van der Waals surface area contributed by atoms with Gasteiger partial charge in [-0.15, -0.1) is 0 Å². The third-order valence-electron chi connectivity index (χ3n) is 7.39. The molecule has 0 aromatic carbocycles. The van der Waals surface area contributed by atoms with Gasteiger partial charge in [-0.2, -0.15) is 0 Å². The number of piperidine rings is 1. The number of ether oxygens (including phenoxy) is 1. The normalized spacial score (nSPS) is 42.4. The molecule has 0 unspecified atom stereocenters. The molecule has 0 spiro atoms. The van der Waals surface area contributed by atoms with Crippen LogP contribution in [-0.2, 0) is 9.53 Å². The molecule has 3 heteroatoms. The first-order valence-electron chi connectivity index (χ1n) is 10.4. The maximum Gasteiger partial charge on any atom is 0.310 e. The Morgan fingerprint density at radius 1 is 1.12 bits per heavy atom. The van der Waals surface area contributed by atoms with Crippen LogP contribution in [0.1, 0.15) is 65.2 Å². The number of hydrogen-bond acceptors (Lipinski definition) is 3. The third kappa shape index (κ3) is 3.09. The quantitative estimate of drug-likeness (QED) is 0.692. The molecule has 0 amide bonds. The van der Waals surface area contributed by atoms with Crippen LogP contribution in [0.5, 0.6) is 0 Å². The predicted octanol–water partition coefficient (Wildman–Crippen LogP) is 4.48. The van der Waals surface area contributed by atoms with Gasteiger partial charge in [0.2, 0.25) is 0 Å². The van der Waals surface area contributed by atoms with Crippen molar-refractivity contribution >= 4 is 5.97 Å². The molecule has 4 rings (SSSR count). The molecule has 2 saturated heterocycles. The van der Waals surface area contributed by atoms with Gasteiger partial charge in [0.25, 0.3) is 0 Å². The van der Waals surface area contributed by atoms with Crippen LogP contribution in [0.4, 0.5) is 0 Å². The molecule has 2 aliphatic carbocycles. The van der Waals surface area contributed by atoms with E-state index in [0.717, 1.165) is 6.42 Å². The zero-order chi connectivity index (χ0) is 17.6. The van der Waals surface area contributed by atoms with Crippen molar-refractivity contribution in [3.05, 3.63) is 23.3 Å². The lowest BCUT2D eigenvalue weighted by atomic mass is 9.65. The van der Waals surface area contributed by atoms with E-state index in [2.05, 4.69) is 37.9 Å². The van der Waals surface area contributed by atoms with Crippen LogP contribution in [0.2, 0.25) is 0 Å². The summed E-state index contributed by atoms with van der Waals surface area (Å²) in [5.74, 6) is 1.07. The van der Waals surface area contributed by atoms with Crippen LogP contribution < -0.4 is 0 Å². The SMILES string of the molecule is C[C@@H]1OC(=O)[C@H]2C[C@H]3CCCCC3=C(/C=C/[C@H]3CCC[C@H](C)N3C)[C@@H]12. The van der Waals surface area contributed by atoms with Gasteiger partial charge in [-0.1, -0.05) is 30.6 Å². The Balaban J connectivity index is 1.65. The maximum atomic E-state index is 12.4. The lowest BCUT2D eigenvalue weighted by Gasteiger charge is -2.38. The van der Waals surface area contributed by atoms with E-state index in [1.165, 1.54) is 50.5 Å². The van der Waals surface area contributed by atoms with E-state index >= 15 is 0 Å². The number of allylic oxidation sites excluding steroid dienone is 2. The van der Waals surface area contributed by atoms with Crippen LogP contribution >= 0.6 is 0 Å². The highest BCUT2D eigenvalue weighted by Gasteiger charge is 2.49. The van der Waals surface area contributed by atoms with E-state index in [9.17, 15) is 4.79 Å². The molecular weight excluding hydrogens is 310 g/mol. The van der Waals surface area contributed by atoms with E-state index in [1.807, 2.05) is 0 Å². The minimum Gasteiger partial charge on any atom is -0.462 e. The van der Waals surface area contributed by atoms with Crippen molar-refractivity contribution in [3.8, 4) is 0 Å². The van der Waals surface area contributed by atoms with E-state index in [4.69, 9.17) is 4.74 Å². The number of carbonyl (C=O) groups is 1. The van der Waals surface area contributed by atoms with Gasteiger partial charge >= 0.3 is 5.97 Å². The van der Waals surface area contributed by atoms with Crippen LogP contribution in [0.3, 0.4) is 0 Å². The average molecular weight is 344 g/mol. The molecule has 0 aromatic heterocycles. The third-order valence-corrected chi connectivity index (χ3v) is 7.39. The zero-order valence-electron chi connectivity index (χ0n) is 16.0. The molecule has 0 bridgehead atoms. The fourth-order valence-corrected chi connectivity index (χ4v) is 5.80. The maximum absolute atomic E-state index is 12.4. The van der Waals surface area contributed by atoms with E-state index in [1.54, 1.807) is 5.57 Å². The van der Waals surface area contributed by atoms with Crippen molar-refractivity contribution < 1.29 is 9.53 Å². The second-order valence-corrected chi connectivity index (χ2v) is 8.81. The molecule has 0 N–H and O–H groups in total. The summed E-state index contributed by atoms with van der Waals surface area (Å²) in [5.41, 5.74) is 3.12. The molecule has 1 saturated carbocycles. The predicted molar refractivity (Wildman–Crippen MR) is 100 cm³/mol. The second kappa shape index (κ2) is 6.90. The number of likely N-dealkylation sites (tertiary alicyclic amines) is 1. The number of likely N-dealkylation sites (N-methyl/N-ethyl adjacent to an activating group) is 1. The number of carbonyl (C=O) groups excluding carboxylic acids is 1. The van der Waals surface area contributed by atoms with Crippen molar-refractivity contribution in [2.24, 2.45) is 17.8 Å². The Bertz CT molecular complexity index is 593. The fraction of sp³-hybridized carbons (Fsp3) is 0.773. The van der Waals surface area contributed by atoms with Crippen LogP contribution in [-0.4, -0.2) is 36.1 Å². The van der Waals surface area contributed by atoms with Gasteiger partial charge in [-0.05, 0) is 70.9 Å². The zero-order valence-corrected chi connectivity index (χ0v) is 16.0. The van der Waals surface area contributed by atoms with Crippen molar-refractivity contribution in [2.75, 3.05) is 7.05 Å². The summed E-state index contributed by atoms with van der Waals surface area (Å²) >= 11 is 0. The molecule has 3 nitrogen and oxygen atoms in total. The van der Waals surface area contributed by atoms with Crippen molar-refractivity contribution in [3.63, 3.8) is 0 Å². The second-order valence-electron chi connectivity index (χ2n) is 8.81. The Hall–Kier alpha value is -1.09. The van der Waals surface area contributed by atoms with Gasteiger partial charge in [0.15, 0.2) is 0 Å². The first-order chi connectivity index (χ1) is 12.1. The van der Waals surface area contributed by atoms with Gasteiger partial charge in [-0.3, -0.25) is 9.69 Å². The first kappa shape index (κ1) is 17.3. The summed E-state index contributed by atoms with van der Waals surface area (Å²) in [6.07, 6.45) is 14.9. The van der Waals surface area contributed by atoms with Crippen LogP contribution in [0.25, 0.3) is 0 Å². The van der Waals surface area contributed by atoms with Gasteiger partial charge < -0.3 is 4.74 Å². The van der Waals surface area contributed by atoms with Gasteiger partial charge in [0.1, 0.15) is 6.10 Å². The molecule has 0 radical (unpaired) electrons. The number of cyclic esters (lactones) is 1. The van der Waals surface area contributed by atoms with E-state index in [-0.39, 0.29) is 18.0 Å². The number of hydrogen-bond donors (Lipinski definition) is 0. The molecule has 4 aliphatic rings. The summed E-state index contributed by atoms with van der Waals surface area (Å²) in [6.45, 7) is 4.43. The lowest BCUT2D eigenvalue weighted by Crippen LogP contribution is -2.41. The monoisotopic (exact) mass is 343 g/mol. The topological polar surface area (TPSA) is 29.5 Å². The molecule has 3 fully saturated rings. The number of fused-ring (bicyclic) bond motifs is 2. The first-order valence-corrected chi connectivity index (χ1v) is 10.4. The van der Waals surface area contributed by atoms with Crippen molar-refractivity contribution in [1.29, 1.82) is 0 Å². The summed E-state index contributed by atoms with van der Waals surface area (Å²) < 4.78 is 5.66. The molecule has 138 valence electrons. The average Bonchev–Trinajstić information content (AvgIpc) is 2.89. The molecule has 2 aliphatic heterocycles. The Labute approximate surface area is 152 Å². The van der Waals surface area contributed by atoms with E-state index in [0.29, 0.717) is 23.9 Å². The number of rotatable bonds is 2. The highest BCUT2D eigenvalue weighted by Crippen LogP contribution is 2.50.